The van der Waals surface area contributed by atoms with E-state index in [0.29, 0.717) is 5.92 Å². The minimum Gasteiger partial charge on any atom is -0.381 e. The zero-order valence-corrected chi connectivity index (χ0v) is 12.6. The van der Waals surface area contributed by atoms with Crippen molar-refractivity contribution < 1.29 is 9.26 Å². The second-order valence-electron chi connectivity index (χ2n) is 7.02. The molecule has 0 atom stereocenters. The molecule has 2 saturated heterocycles. The molecule has 3 heterocycles. The van der Waals surface area contributed by atoms with Gasteiger partial charge in [0.05, 0.1) is 0 Å². The second-order valence-corrected chi connectivity index (χ2v) is 7.02. The third-order valence-corrected chi connectivity index (χ3v) is 5.42. The van der Waals surface area contributed by atoms with E-state index < -0.39 is 0 Å². The van der Waals surface area contributed by atoms with Crippen molar-refractivity contribution in [3.63, 3.8) is 0 Å². The Morgan fingerprint density at radius 2 is 1.86 bits per heavy atom. The average molecular weight is 291 g/mol. The van der Waals surface area contributed by atoms with Crippen molar-refractivity contribution in [2.24, 2.45) is 5.92 Å². The van der Waals surface area contributed by atoms with Gasteiger partial charge in [0.2, 0.25) is 5.89 Å². The number of rotatable bonds is 4. The third kappa shape index (κ3) is 2.86. The SMILES string of the molecule is C1CC(CC2CC2)(c2noc(C3CCOCC3)n2)CCN1. The highest BCUT2D eigenvalue weighted by molar-refractivity contribution is 5.12. The third-order valence-electron chi connectivity index (χ3n) is 5.42. The van der Waals surface area contributed by atoms with Gasteiger partial charge in [-0.15, -0.1) is 0 Å². The lowest BCUT2D eigenvalue weighted by molar-refractivity contribution is 0.0778. The Morgan fingerprint density at radius 3 is 2.57 bits per heavy atom. The second kappa shape index (κ2) is 5.69. The van der Waals surface area contributed by atoms with Crippen molar-refractivity contribution in [1.82, 2.24) is 15.5 Å². The molecule has 3 fully saturated rings. The fourth-order valence-corrected chi connectivity index (χ4v) is 3.86. The number of ether oxygens (including phenoxy) is 1. The van der Waals surface area contributed by atoms with E-state index in [2.05, 4.69) is 10.5 Å². The summed E-state index contributed by atoms with van der Waals surface area (Å²) in [5.41, 5.74) is 0.166. The van der Waals surface area contributed by atoms with Crippen LogP contribution in [-0.2, 0) is 10.2 Å². The van der Waals surface area contributed by atoms with Gasteiger partial charge in [0.15, 0.2) is 5.82 Å². The van der Waals surface area contributed by atoms with Crippen molar-refractivity contribution in [2.45, 2.75) is 56.3 Å². The molecule has 1 aromatic heterocycles. The van der Waals surface area contributed by atoms with Crippen LogP contribution >= 0.6 is 0 Å². The first-order valence-electron chi connectivity index (χ1n) is 8.48. The first kappa shape index (κ1) is 13.7. The van der Waals surface area contributed by atoms with Crippen LogP contribution in [0.3, 0.4) is 0 Å². The molecule has 0 unspecified atom stereocenters. The molecule has 5 heteroatoms. The van der Waals surface area contributed by atoms with Crippen molar-refractivity contribution in [3.8, 4) is 0 Å². The lowest BCUT2D eigenvalue weighted by atomic mass is 9.74. The lowest BCUT2D eigenvalue weighted by Gasteiger charge is -2.35. The Hall–Kier alpha value is -0.940. The number of hydrogen-bond acceptors (Lipinski definition) is 5. The van der Waals surface area contributed by atoms with Crippen LogP contribution in [0.15, 0.2) is 4.52 Å². The van der Waals surface area contributed by atoms with E-state index >= 15 is 0 Å². The van der Waals surface area contributed by atoms with E-state index in [1.54, 1.807) is 0 Å². The molecule has 0 amide bonds. The smallest absolute Gasteiger partial charge is 0.229 e. The van der Waals surface area contributed by atoms with Crippen LogP contribution in [0.2, 0.25) is 0 Å². The van der Waals surface area contributed by atoms with Crippen molar-refractivity contribution in [2.75, 3.05) is 26.3 Å². The summed E-state index contributed by atoms with van der Waals surface area (Å²) >= 11 is 0. The summed E-state index contributed by atoms with van der Waals surface area (Å²) in [6.45, 7) is 3.79. The fraction of sp³-hybridized carbons (Fsp3) is 0.875. The predicted molar refractivity (Wildman–Crippen MR) is 78.2 cm³/mol. The Balaban J connectivity index is 1.55. The summed E-state index contributed by atoms with van der Waals surface area (Å²) in [7, 11) is 0. The maximum atomic E-state index is 5.65. The summed E-state index contributed by atoms with van der Waals surface area (Å²) in [6, 6.07) is 0. The van der Waals surface area contributed by atoms with Gasteiger partial charge in [0.25, 0.3) is 0 Å². The molecule has 3 aliphatic rings. The first-order valence-corrected chi connectivity index (χ1v) is 8.48. The van der Waals surface area contributed by atoms with Gasteiger partial charge in [-0.1, -0.05) is 18.0 Å². The molecule has 0 radical (unpaired) electrons. The number of aromatic nitrogens is 2. The molecule has 1 N–H and O–H groups in total. The van der Waals surface area contributed by atoms with Gasteiger partial charge in [-0.25, -0.2) is 0 Å². The quantitative estimate of drug-likeness (QED) is 0.923. The molecule has 5 nitrogen and oxygen atoms in total. The molecule has 1 aromatic rings. The highest BCUT2D eigenvalue weighted by Crippen LogP contribution is 2.45. The van der Waals surface area contributed by atoms with E-state index in [0.717, 1.165) is 69.6 Å². The topological polar surface area (TPSA) is 60.2 Å². The van der Waals surface area contributed by atoms with Gasteiger partial charge in [0.1, 0.15) is 0 Å². The van der Waals surface area contributed by atoms with Crippen molar-refractivity contribution in [3.05, 3.63) is 11.7 Å². The van der Waals surface area contributed by atoms with E-state index in [1.165, 1.54) is 19.3 Å². The standard InChI is InChI=1S/C16H25N3O2/c1-2-12(1)11-16(5-7-17-8-6-16)15-18-14(21-19-15)13-3-9-20-10-4-13/h12-13,17H,1-11H2. The Labute approximate surface area is 125 Å². The minimum atomic E-state index is 0.166. The Morgan fingerprint density at radius 1 is 1.10 bits per heavy atom. The average Bonchev–Trinajstić information content (AvgIpc) is 3.20. The van der Waals surface area contributed by atoms with Crippen LogP contribution in [0.25, 0.3) is 0 Å². The lowest BCUT2D eigenvalue weighted by Crippen LogP contribution is -2.41. The van der Waals surface area contributed by atoms with Crippen molar-refractivity contribution in [1.29, 1.82) is 0 Å². The van der Waals surface area contributed by atoms with Crippen LogP contribution in [0.4, 0.5) is 0 Å². The summed E-state index contributed by atoms with van der Waals surface area (Å²) in [5, 5.41) is 7.88. The molecule has 116 valence electrons. The van der Waals surface area contributed by atoms with E-state index in [1.807, 2.05) is 0 Å². The number of nitrogens with zero attached hydrogens (tertiary/aromatic N) is 2. The molecule has 0 spiro atoms. The highest BCUT2D eigenvalue weighted by Gasteiger charge is 2.43. The normalized spacial score (nSPS) is 26.9. The van der Waals surface area contributed by atoms with Crippen LogP contribution in [0.1, 0.15) is 62.6 Å². The maximum Gasteiger partial charge on any atom is 0.229 e. The Kier molecular flexibility index (Phi) is 3.71. The monoisotopic (exact) mass is 291 g/mol. The van der Waals surface area contributed by atoms with Crippen LogP contribution < -0.4 is 5.32 Å². The van der Waals surface area contributed by atoms with Crippen LogP contribution in [0, 0.1) is 5.92 Å². The largest absolute Gasteiger partial charge is 0.381 e. The molecule has 2 aliphatic heterocycles. The minimum absolute atomic E-state index is 0.166. The highest BCUT2D eigenvalue weighted by atomic mass is 16.5. The summed E-state index contributed by atoms with van der Waals surface area (Å²) < 4.78 is 11.1. The van der Waals surface area contributed by atoms with E-state index in [9.17, 15) is 0 Å². The number of piperidine rings is 1. The van der Waals surface area contributed by atoms with Gasteiger partial charge in [-0.2, -0.15) is 4.98 Å². The molecular weight excluding hydrogens is 266 g/mol. The van der Waals surface area contributed by atoms with Gasteiger partial charge in [0, 0.05) is 24.5 Å². The van der Waals surface area contributed by atoms with Crippen molar-refractivity contribution >= 4 is 0 Å². The summed E-state index contributed by atoms with van der Waals surface area (Å²) in [5.74, 6) is 3.13. The predicted octanol–water partition coefficient (Wildman–Crippen LogP) is 2.38. The zero-order valence-electron chi connectivity index (χ0n) is 12.6. The van der Waals surface area contributed by atoms with Gasteiger partial charge in [-0.05, 0) is 51.1 Å². The van der Waals surface area contributed by atoms with Gasteiger partial charge in [-0.3, -0.25) is 0 Å². The number of hydrogen-bond donors (Lipinski definition) is 1. The summed E-state index contributed by atoms with van der Waals surface area (Å²) in [4.78, 5) is 4.85. The molecular formula is C16H25N3O2. The molecule has 4 rings (SSSR count). The van der Waals surface area contributed by atoms with Gasteiger partial charge < -0.3 is 14.6 Å². The molecule has 21 heavy (non-hydrogen) atoms. The van der Waals surface area contributed by atoms with E-state index in [-0.39, 0.29) is 5.41 Å². The molecule has 1 saturated carbocycles. The van der Waals surface area contributed by atoms with Crippen LogP contribution in [-0.4, -0.2) is 36.4 Å². The summed E-state index contributed by atoms with van der Waals surface area (Å²) in [6.07, 6.45) is 8.35. The van der Waals surface area contributed by atoms with Gasteiger partial charge >= 0.3 is 0 Å². The molecule has 0 bridgehead atoms. The van der Waals surface area contributed by atoms with E-state index in [4.69, 9.17) is 14.2 Å². The Bertz CT molecular complexity index is 472. The number of nitrogens with one attached hydrogen (secondary N) is 1. The molecule has 0 aromatic carbocycles. The zero-order chi connectivity index (χ0) is 14.1. The fourth-order valence-electron chi connectivity index (χ4n) is 3.86. The first-order chi connectivity index (χ1) is 10.4. The van der Waals surface area contributed by atoms with Crippen LogP contribution in [0.5, 0.6) is 0 Å². The maximum absolute atomic E-state index is 5.65. The molecule has 1 aliphatic carbocycles.